The summed E-state index contributed by atoms with van der Waals surface area (Å²) in [6, 6.07) is 0. The van der Waals surface area contributed by atoms with Crippen LogP contribution in [0, 0.1) is 5.92 Å². The van der Waals surface area contributed by atoms with E-state index in [9.17, 15) is 4.21 Å². The van der Waals surface area contributed by atoms with Crippen LogP contribution in [0.25, 0.3) is 0 Å². The van der Waals surface area contributed by atoms with Gasteiger partial charge in [0.25, 0.3) is 0 Å². The first-order valence-corrected chi connectivity index (χ1v) is 4.39. The van der Waals surface area contributed by atoms with Crippen LogP contribution in [0.4, 0.5) is 0 Å². The molecule has 0 aromatic rings. The van der Waals surface area contributed by atoms with E-state index in [-0.39, 0.29) is 17.9 Å². The van der Waals surface area contributed by atoms with Crippen LogP contribution in [0.1, 0.15) is 13.8 Å². The van der Waals surface area contributed by atoms with Crippen molar-refractivity contribution in [2.75, 3.05) is 6.61 Å². The van der Waals surface area contributed by atoms with Crippen LogP contribution in [0.15, 0.2) is 0 Å². The topological polar surface area (TPSA) is 46.5 Å². The van der Waals surface area contributed by atoms with Crippen molar-refractivity contribution < 1.29 is 12.9 Å². The minimum Gasteiger partial charge on any atom is -0.284 e. The van der Waals surface area contributed by atoms with E-state index in [1.54, 1.807) is 0 Å². The summed E-state index contributed by atoms with van der Waals surface area (Å²) in [5.41, 5.74) is 0. The largest absolute Gasteiger partial charge is 0.301 e. The maximum atomic E-state index is 9.96. The molecule has 0 aromatic heterocycles. The molecule has 0 amide bonds. The molecule has 0 spiro atoms. The van der Waals surface area contributed by atoms with Crippen LogP contribution in [0.5, 0.6) is 0 Å². The van der Waals surface area contributed by atoms with Gasteiger partial charge in [-0.2, -0.15) is 4.21 Å². The van der Waals surface area contributed by atoms with E-state index in [4.69, 9.17) is 16.2 Å². The van der Waals surface area contributed by atoms with Gasteiger partial charge >= 0.3 is 11.4 Å². The highest BCUT2D eigenvalue weighted by Crippen LogP contribution is 2.09. The number of rotatable bonds is 4. The van der Waals surface area contributed by atoms with Gasteiger partial charge in [0.15, 0.2) is 0 Å². The highest BCUT2D eigenvalue weighted by molar-refractivity contribution is 7.74. The second-order valence-electron chi connectivity index (χ2n) is 2.26. The Labute approximate surface area is 68.2 Å². The third kappa shape index (κ3) is 5.17. The summed E-state index contributed by atoms with van der Waals surface area (Å²) < 4.78 is 22.5. The van der Waals surface area contributed by atoms with Gasteiger partial charge in [0.05, 0.1) is 12.0 Å². The van der Waals surface area contributed by atoms with Crippen LogP contribution in [0.2, 0.25) is 0 Å². The van der Waals surface area contributed by atoms with Crippen LogP contribution in [-0.2, 0) is 15.5 Å². The fraction of sp³-hybridized carbons (Fsp3) is 1.00. The molecule has 0 bridgehead atoms. The van der Waals surface area contributed by atoms with Gasteiger partial charge in [0.1, 0.15) is 0 Å². The summed E-state index contributed by atoms with van der Waals surface area (Å²) >= 11 is 3.50. The molecule has 0 saturated carbocycles. The Balaban J connectivity index is 3.39. The third-order valence-electron chi connectivity index (χ3n) is 1.05. The second kappa shape index (κ2) is 5.07. The molecule has 0 rings (SSSR count). The molecule has 0 heterocycles. The molecular formula is C5H11ClO3S. The molecule has 5 heteroatoms. The lowest BCUT2D eigenvalue weighted by molar-refractivity contribution is 0.287. The predicted octanol–water partition coefficient (Wildman–Crippen LogP) is 1.40. The van der Waals surface area contributed by atoms with Gasteiger partial charge in [-0.25, -0.2) is 0 Å². The standard InChI is InChI=1S/C5H11ClO3S/c1-4(2)5(6)3-9-10(7)8/h4-5H,3H2,1-2H3,(H,7,8). The normalized spacial score (nSPS) is 17.3. The van der Waals surface area contributed by atoms with Crippen molar-refractivity contribution in [1.82, 2.24) is 0 Å². The molecule has 0 aliphatic carbocycles. The van der Waals surface area contributed by atoms with Crippen molar-refractivity contribution in [3.63, 3.8) is 0 Å². The highest BCUT2D eigenvalue weighted by atomic mass is 35.5. The second-order valence-corrected chi connectivity index (χ2v) is 3.49. The molecular weight excluding hydrogens is 176 g/mol. The van der Waals surface area contributed by atoms with E-state index in [1.165, 1.54) is 0 Å². The van der Waals surface area contributed by atoms with E-state index in [2.05, 4.69) is 4.18 Å². The van der Waals surface area contributed by atoms with Crippen molar-refractivity contribution in [2.24, 2.45) is 5.92 Å². The summed E-state index contributed by atoms with van der Waals surface area (Å²) in [5, 5.41) is -0.198. The van der Waals surface area contributed by atoms with Gasteiger partial charge in [0.2, 0.25) is 0 Å². The number of halogens is 1. The molecule has 0 aliphatic heterocycles. The first kappa shape index (κ1) is 10.4. The third-order valence-corrected chi connectivity index (χ3v) is 2.02. The number of alkyl halides is 1. The molecule has 10 heavy (non-hydrogen) atoms. The van der Waals surface area contributed by atoms with E-state index in [0.717, 1.165) is 0 Å². The average molecular weight is 187 g/mol. The molecule has 0 aromatic carbocycles. The van der Waals surface area contributed by atoms with E-state index in [0.29, 0.717) is 0 Å². The summed E-state index contributed by atoms with van der Waals surface area (Å²) in [6.45, 7) is 3.95. The Hall–Kier alpha value is 0.360. The lowest BCUT2D eigenvalue weighted by Crippen LogP contribution is -2.16. The summed E-state index contributed by atoms with van der Waals surface area (Å²) in [6.07, 6.45) is 0. The van der Waals surface area contributed by atoms with Crippen molar-refractivity contribution in [2.45, 2.75) is 19.2 Å². The van der Waals surface area contributed by atoms with Crippen molar-refractivity contribution >= 4 is 23.0 Å². The molecule has 3 nitrogen and oxygen atoms in total. The minimum atomic E-state index is -2.19. The Kier molecular flexibility index (Phi) is 5.25. The van der Waals surface area contributed by atoms with Crippen LogP contribution < -0.4 is 0 Å². The van der Waals surface area contributed by atoms with Crippen LogP contribution >= 0.6 is 11.6 Å². The van der Waals surface area contributed by atoms with E-state index < -0.39 is 11.4 Å². The zero-order chi connectivity index (χ0) is 8.15. The fourth-order valence-corrected chi connectivity index (χ4v) is 0.716. The van der Waals surface area contributed by atoms with Gasteiger partial charge in [0, 0.05) is 0 Å². The van der Waals surface area contributed by atoms with Gasteiger partial charge in [-0.3, -0.25) is 8.74 Å². The highest BCUT2D eigenvalue weighted by Gasteiger charge is 2.10. The zero-order valence-corrected chi connectivity index (χ0v) is 7.48. The van der Waals surface area contributed by atoms with Crippen molar-refractivity contribution in [3.05, 3.63) is 0 Å². The van der Waals surface area contributed by atoms with Gasteiger partial charge in [-0.1, -0.05) is 13.8 Å². The van der Waals surface area contributed by atoms with Gasteiger partial charge in [-0.15, -0.1) is 11.6 Å². The summed E-state index contributed by atoms with van der Waals surface area (Å²) in [5.74, 6) is 0.255. The van der Waals surface area contributed by atoms with Crippen LogP contribution in [0.3, 0.4) is 0 Å². The van der Waals surface area contributed by atoms with Crippen LogP contribution in [-0.4, -0.2) is 20.7 Å². The molecule has 62 valence electrons. The summed E-state index contributed by atoms with van der Waals surface area (Å²) in [7, 11) is 0. The van der Waals surface area contributed by atoms with E-state index >= 15 is 0 Å². The lowest BCUT2D eigenvalue weighted by atomic mass is 10.1. The van der Waals surface area contributed by atoms with Crippen molar-refractivity contribution in [3.8, 4) is 0 Å². The smallest absolute Gasteiger partial charge is 0.284 e. The first-order valence-electron chi connectivity index (χ1n) is 2.92. The molecule has 0 saturated heterocycles. The SMILES string of the molecule is CC(C)C(Cl)COS(=O)O. The Morgan fingerprint density at radius 1 is 1.70 bits per heavy atom. The molecule has 0 aliphatic rings. The zero-order valence-electron chi connectivity index (χ0n) is 5.91. The number of hydrogen-bond donors (Lipinski definition) is 1. The van der Waals surface area contributed by atoms with Gasteiger partial charge < -0.3 is 0 Å². The van der Waals surface area contributed by atoms with Crippen molar-refractivity contribution in [1.29, 1.82) is 0 Å². The maximum Gasteiger partial charge on any atom is 0.301 e. The molecule has 0 fully saturated rings. The molecule has 0 radical (unpaired) electrons. The molecule has 2 unspecified atom stereocenters. The van der Waals surface area contributed by atoms with Gasteiger partial charge in [-0.05, 0) is 5.92 Å². The quantitative estimate of drug-likeness (QED) is 0.534. The average Bonchev–Trinajstić information content (AvgIpc) is 1.82. The molecule has 2 atom stereocenters. The fourth-order valence-electron chi connectivity index (χ4n) is 0.316. The Bertz CT molecular complexity index is 117. The minimum absolute atomic E-state index is 0.113. The monoisotopic (exact) mass is 186 g/mol. The predicted molar refractivity (Wildman–Crippen MR) is 41.2 cm³/mol. The van der Waals surface area contributed by atoms with E-state index in [1.807, 2.05) is 13.8 Å². The summed E-state index contributed by atoms with van der Waals surface area (Å²) in [4.78, 5) is 0. The number of hydrogen-bond acceptors (Lipinski definition) is 2. The lowest BCUT2D eigenvalue weighted by Gasteiger charge is -2.10. The first-order chi connectivity index (χ1) is 4.54. The Morgan fingerprint density at radius 3 is 2.50 bits per heavy atom. The molecule has 1 N–H and O–H groups in total. The Morgan fingerprint density at radius 2 is 2.20 bits per heavy atom. The maximum absolute atomic E-state index is 9.96.